The van der Waals surface area contributed by atoms with Gasteiger partial charge < -0.3 is 9.47 Å². The van der Waals surface area contributed by atoms with Crippen LogP contribution in [0.4, 0.5) is 0 Å². The zero-order valence-electron chi connectivity index (χ0n) is 11.1. The van der Waals surface area contributed by atoms with Gasteiger partial charge in [0.05, 0.1) is 7.11 Å². The molecule has 0 aromatic heterocycles. The summed E-state index contributed by atoms with van der Waals surface area (Å²) in [6.07, 6.45) is 2.75. The van der Waals surface area contributed by atoms with Crippen molar-refractivity contribution in [1.29, 1.82) is 0 Å². The normalized spacial score (nSPS) is 9.95. The molecule has 98 valence electrons. The van der Waals surface area contributed by atoms with E-state index >= 15 is 0 Å². The SMILES string of the molecule is C=CCc1cccc(OCc2ccc(OC)cc2)c1. The van der Waals surface area contributed by atoms with Gasteiger partial charge >= 0.3 is 0 Å². The standard InChI is InChI=1S/C17H18O2/c1-3-5-14-6-4-7-17(12-14)19-13-15-8-10-16(18-2)11-9-15/h3-4,6-12H,1,5,13H2,2H3. The molecule has 0 radical (unpaired) electrons. The summed E-state index contributed by atoms with van der Waals surface area (Å²) >= 11 is 0. The Morgan fingerprint density at radius 1 is 1.00 bits per heavy atom. The van der Waals surface area contributed by atoms with Crippen molar-refractivity contribution >= 4 is 0 Å². The van der Waals surface area contributed by atoms with E-state index in [1.807, 2.05) is 48.5 Å². The maximum absolute atomic E-state index is 5.78. The summed E-state index contributed by atoms with van der Waals surface area (Å²) in [6.45, 7) is 4.30. The second kappa shape index (κ2) is 6.64. The third-order valence-electron chi connectivity index (χ3n) is 2.84. The molecule has 0 atom stereocenters. The monoisotopic (exact) mass is 254 g/mol. The van der Waals surface area contributed by atoms with E-state index in [4.69, 9.17) is 9.47 Å². The number of ether oxygens (including phenoxy) is 2. The van der Waals surface area contributed by atoms with Crippen molar-refractivity contribution in [3.8, 4) is 11.5 Å². The minimum absolute atomic E-state index is 0.557. The Morgan fingerprint density at radius 3 is 2.47 bits per heavy atom. The lowest BCUT2D eigenvalue weighted by molar-refractivity contribution is 0.305. The fraction of sp³-hybridized carbons (Fsp3) is 0.176. The van der Waals surface area contributed by atoms with Gasteiger partial charge in [0, 0.05) is 0 Å². The van der Waals surface area contributed by atoms with E-state index in [1.54, 1.807) is 7.11 Å². The van der Waals surface area contributed by atoms with Gasteiger partial charge in [0.2, 0.25) is 0 Å². The lowest BCUT2D eigenvalue weighted by Gasteiger charge is -2.08. The minimum Gasteiger partial charge on any atom is -0.497 e. The van der Waals surface area contributed by atoms with E-state index in [1.165, 1.54) is 5.56 Å². The molecule has 0 aliphatic rings. The molecule has 2 nitrogen and oxygen atoms in total. The van der Waals surface area contributed by atoms with Crippen molar-refractivity contribution < 1.29 is 9.47 Å². The number of benzene rings is 2. The molecule has 0 saturated heterocycles. The summed E-state index contributed by atoms with van der Waals surface area (Å²) in [6, 6.07) is 16.0. The molecule has 2 heteroatoms. The predicted molar refractivity (Wildman–Crippen MR) is 77.7 cm³/mol. The van der Waals surface area contributed by atoms with Crippen LogP contribution in [-0.2, 0) is 13.0 Å². The number of rotatable bonds is 6. The van der Waals surface area contributed by atoms with Gasteiger partial charge in [-0.2, -0.15) is 0 Å². The summed E-state index contributed by atoms with van der Waals surface area (Å²) < 4.78 is 10.9. The van der Waals surface area contributed by atoms with E-state index in [0.717, 1.165) is 23.5 Å². The minimum atomic E-state index is 0.557. The number of methoxy groups -OCH3 is 1. The van der Waals surface area contributed by atoms with Crippen LogP contribution in [0.1, 0.15) is 11.1 Å². The first-order valence-electron chi connectivity index (χ1n) is 6.27. The number of hydrogen-bond acceptors (Lipinski definition) is 2. The molecule has 0 unspecified atom stereocenters. The van der Waals surface area contributed by atoms with Gasteiger partial charge in [-0.25, -0.2) is 0 Å². The van der Waals surface area contributed by atoms with Gasteiger partial charge in [-0.15, -0.1) is 6.58 Å². The van der Waals surface area contributed by atoms with Gasteiger partial charge in [-0.3, -0.25) is 0 Å². The van der Waals surface area contributed by atoms with Crippen LogP contribution in [0.15, 0.2) is 61.2 Å². The van der Waals surface area contributed by atoms with E-state index in [9.17, 15) is 0 Å². The predicted octanol–water partition coefficient (Wildman–Crippen LogP) is 4.00. The molecule has 0 bridgehead atoms. The third-order valence-corrected chi connectivity index (χ3v) is 2.84. The average molecular weight is 254 g/mol. The Morgan fingerprint density at radius 2 is 1.79 bits per heavy atom. The smallest absolute Gasteiger partial charge is 0.120 e. The second-order valence-electron chi connectivity index (χ2n) is 4.28. The zero-order valence-corrected chi connectivity index (χ0v) is 11.1. The first kappa shape index (κ1) is 13.2. The largest absolute Gasteiger partial charge is 0.497 e. The van der Waals surface area contributed by atoms with Crippen molar-refractivity contribution in [2.45, 2.75) is 13.0 Å². The van der Waals surface area contributed by atoms with Gasteiger partial charge in [0.1, 0.15) is 18.1 Å². The van der Waals surface area contributed by atoms with Crippen molar-refractivity contribution in [1.82, 2.24) is 0 Å². The maximum Gasteiger partial charge on any atom is 0.120 e. The fourth-order valence-electron chi connectivity index (χ4n) is 1.82. The molecular weight excluding hydrogens is 236 g/mol. The van der Waals surface area contributed by atoms with E-state index in [-0.39, 0.29) is 0 Å². The molecule has 0 aliphatic heterocycles. The van der Waals surface area contributed by atoms with Crippen molar-refractivity contribution in [3.63, 3.8) is 0 Å². The first-order chi connectivity index (χ1) is 9.31. The zero-order chi connectivity index (χ0) is 13.5. The van der Waals surface area contributed by atoms with Crippen LogP contribution in [0, 0.1) is 0 Å². The van der Waals surface area contributed by atoms with Gasteiger partial charge in [0.25, 0.3) is 0 Å². The van der Waals surface area contributed by atoms with E-state index in [2.05, 4.69) is 12.6 Å². The van der Waals surface area contributed by atoms with E-state index in [0.29, 0.717) is 6.61 Å². The molecule has 0 spiro atoms. The highest BCUT2D eigenvalue weighted by molar-refractivity contribution is 5.31. The Balaban J connectivity index is 1.97. The molecule has 0 aliphatic carbocycles. The van der Waals surface area contributed by atoms with Gasteiger partial charge in [-0.1, -0.05) is 30.3 Å². The molecule has 0 N–H and O–H groups in total. The van der Waals surface area contributed by atoms with Crippen LogP contribution in [0.2, 0.25) is 0 Å². The molecule has 2 aromatic rings. The fourth-order valence-corrected chi connectivity index (χ4v) is 1.82. The molecule has 2 aromatic carbocycles. The highest BCUT2D eigenvalue weighted by atomic mass is 16.5. The molecule has 0 fully saturated rings. The lowest BCUT2D eigenvalue weighted by Crippen LogP contribution is -1.96. The molecule has 2 rings (SSSR count). The molecule has 19 heavy (non-hydrogen) atoms. The summed E-state index contributed by atoms with van der Waals surface area (Å²) in [5.74, 6) is 1.74. The van der Waals surface area contributed by atoms with Gasteiger partial charge in [0.15, 0.2) is 0 Å². The summed E-state index contributed by atoms with van der Waals surface area (Å²) in [5, 5.41) is 0. The third kappa shape index (κ3) is 3.88. The summed E-state index contributed by atoms with van der Waals surface area (Å²) in [7, 11) is 1.66. The Labute approximate surface area is 114 Å². The van der Waals surface area contributed by atoms with Crippen molar-refractivity contribution in [3.05, 3.63) is 72.3 Å². The highest BCUT2D eigenvalue weighted by Gasteiger charge is 1.98. The average Bonchev–Trinajstić information content (AvgIpc) is 2.46. The van der Waals surface area contributed by atoms with Crippen molar-refractivity contribution in [2.75, 3.05) is 7.11 Å². The highest BCUT2D eigenvalue weighted by Crippen LogP contribution is 2.17. The maximum atomic E-state index is 5.78. The summed E-state index contributed by atoms with van der Waals surface area (Å²) in [4.78, 5) is 0. The molecule has 0 saturated carbocycles. The van der Waals surface area contributed by atoms with Crippen LogP contribution in [0.3, 0.4) is 0 Å². The van der Waals surface area contributed by atoms with Crippen LogP contribution >= 0.6 is 0 Å². The quantitative estimate of drug-likeness (QED) is 0.725. The topological polar surface area (TPSA) is 18.5 Å². The molecule has 0 heterocycles. The lowest BCUT2D eigenvalue weighted by atomic mass is 10.1. The molecular formula is C17H18O2. The Bertz CT molecular complexity index is 529. The Kier molecular flexibility index (Phi) is 4.62. The van der Waals surface area contributed by atoms with Crippen LogP contribution < -0.4 is 9.47 Å². The van der Waals surface area contributed by atoms with Crippen LogP contribution in [0.5, 0.6) is 11.5 Å². The van der Waals surface area contributed by atoms with Crippen LogP contribution in [-0.4, -0.2) is 7.11 Å². The second-order valence-corrected chi connectivity index (χ2v) is 4.28. The van der Waals surface area contributed by atoms with Gasteiger partial charge in [-0.05, 0) is 41.8 Å². The first-order valence-corrected chi connectivity index (χ1v) is 6.27. The number of hydrogen-bond donors (Lipinski definition) is 0. The number of allylic oxidation sites excluding steroid dienone is 1. The van der Waals surface area contributed by atoms with E-state index < -0.39 is 0 Å². The van der Waals surface area contributed by atoms with Crippen molar-refractivity contribution in [2.24, 2.45) is 0 Å². The Hall–Kier alpha value is -2.22. The molecule has 0 amide bonds. The summed E-state index contributed by atoms with van der Waals surface area (Å²) in [5.41, 5.74) is 2.33. The van der Waals surface area contributed by atoms with Crippen LogP contribution in [0.25, 0.3) is 0 Å².